The molecule has 0 spiro atoms. The van der Waals surface area contributed by atoms with Crippen LogP contribution in [-0.4, -0.2) is 11.5 Å². The zero-order valence-electron chi connectivity index (χ0n) is 6.18. The molecule has 0 saturated heterocycles. The first-order chi connectivity index (χ1) is 4.21. The third kappa shape index (κ3) is 2.44. The fourth-order valence-electron chi connectivity index (χ4n) is 0.937. The van der Waals surface area contributed by atoms with Gasteiger partial charge in [-0.2, -0.15) is 11.8 Å². The van der Waals surface area contributed by atoms with Crippen molar-refractivity contribution in [2.45, 2.75) is 20.3 Å². The van der Waals surface area contributed by atoms with Crippen LogP contribution in [0, 0.1) is 5.41 Å². The minimum absolute atomic E-state index is 0.446. The summed E-state index contributed by atoms with van der Waals surface area (Å²) in [5.41, 5.74) is 0.446. The lowest BCUT2D eigenvalue weighted by Crippen LogP contribution is -2.09. The summed E-state index contributed by atoms with van der Waals surface area (Å²) in [6.07, 6.45) is 5.90. The van der Waals surface area contributed by atoms with Gasteiger partial charge in [0.15, 0.2) is 0 Å². The molecule has 52 valence electrons. The van der Waals surface area contributed by atoms with Gasteiger partial charge in [-0.05, 0) is 17.6 Å². The van der Waals surface area contributed by atoms with Crippen molar-refractivity contribution in [3.05, 3.63) is 12.2 Å². The Morgan fingerprint density at radius 2 is 2.22 bits per heavy atom. The van der Waals surface area contributed by atoms with E-state index in [1.807, 2.05) is 0 Å². The van der Waals surface area contributed by atoms with Gasteiger partial charge in [-0.25, -0.2) is 0 Å². The lowest BCUT2D eigenvalue weighted by molar-refractivity contribution is 0.557. The van der Waals surface area contributed by atoms with Crippen LogP contribution in [0.2, 0.25) is 0 Å². The Labute approximate surface area is 61.7 Å². The number of allylic oxidation sites excluding steroid dienone is 2. The zero-order chi connectivity index (χ0) is 6.74. The van der Waals surface area contributed by atoms with Gasteiger partial charge >= 0.3 is 0 Å². The molecule has 1 aliphatic rings. The number of hydrogen-bond donors (Lipinski definition) is 0. The highest BCUT2D eigenvalue weighted by atomic mass is 32.2. The molecular formula is C8H14S. The highest BCUT2D eigenvalue weighted by Crippen LogP contribution is 2.26. The van der Waals surface area contributed by atoms with Crippen molar-refractivity contribution in [2.75, 3.05) is 11.5 Å². The maximum absolute atomic E-state index is 2.34. The summed E-state index contributed by atoms with van der Waals surface area (Å²) in [4.78, 5) is 0. The maximum atomic E-state index is 2.34. The summed E-state index contributed by atoms with van der Waals surface area (Å²) in [6, 6.07) is 0. The standard InChI is InChI=1S/C8H14S/c1-8(2)5-3-4-6-9-7-8/h3,5H,4,6-7H2,1-2H3. The van der Waals surface area contributed by atoms with Crippen LogP contribution in [0.1, 0.15) is 20.3 Å². The molecular weight excluding hydrogens is 128 g/mol. The minimum Gasteiger partial charge on any atom is -0.161 e. The Balaban J connectivity index is 2.52. The van der Waals surface area contributed by atoms with Crippen molar-refractivity contribution in [2.24, 2.45) is 5.41 Å². The largest absolute Gasteiger partial charge is 0.161 e. The van der Waals surface area contributed by atoms with Gasteiger partial charge in [0, 0.05) is 5.75 Å². The van der Waals surface area contributed by atoms with Gasteiger partial charge in [-0.3, -0.25) is 0 Å². The van der Waals surface area contributed by atoms with Crippen LogP contribution in [-0.2, 0) is 0 Å². The molecule has 0 unspecified atom stereocenters. The van der Waals surface area contributed by atoms with E-state index < -0.39 is 0 Å². The van der Waals surface area contributed by atoms with E-state index in [0.29, 0.717) is 5.41 Å². The molecule has 0 N–H and O–H groups in total. The van der Waals surface area contributed by atoms with Crippen molar-refractivity contribution >= 4 is 11.8 Å². The molecule has 0 amide bonds. The SMILES string of the molecule is CC1(C)C=CCCSC1. The number of rotatable bonds is 0. The van der Waals surface area contributed by atoms with Gasteiger partial charge in [0.25, 0.3) is 0 Å². The average Bonchev–Trinajstić information content (AvgIpc) is 1.92. The van der Waals surface area contributed by atoms with Crippen molar-refractivity contribution < 1.29 is 0 Å². The monoisotopic (exact) mass is 142 g/mol. The first-order valence-electron chi connectivity index (χ1n) is 3.46. The number of thioether (sulfide) groups is 1. The zero-order valence-corrected chi connectivity index (χ0v) is 7.00. The molecule has 0 saturated carbocycles. The van der Waals surface area contributed by atoms with Crippen LogP contribution in [0.25, 0.3) is 0 Å². The molecule has 0 aromatic heterocycles. The average molecular weight is 142 g/mol. The lowest BCUT2D eigenvalue weighted by atomic mass is 9.96. The van der Waals surface area contributed by atoms with E-state index >= 15 is 0 Å². The molecule has 0 aliphatic carbocycles. The van der Waals surface area contributed by atoms with E-state index in [0.717, 1.165) is 0 Å². The molecule has 0 bridgehead atoms. The molecule has 1 heterocycles. The second-order valence-corrected chi connectivity index (χ2v) is 4.34. The highest BCUT2D eigenvalue weighted by molar-refractivity contribution is 7.99. The fourth-order valence-corrected chi connectivity index (χ4v) is 2.01. The molecule has 0 radical (unpaired) electrons. The quantitative estimate of drug-likeness (QED) is 0.469. The third-order valence-electron chi connectivity index (χ3n) is 1.47. The van der Waals surface area contributed by atoms with Gasteiger partial charge in [-0.15, -0.1) is 0 Å². The van der Waals surface area contributed by atoms with E-state index in [9.17, 15) is 0 Å². The minimum atomic E-state index is 0.446. The van der Waals surface area contributed by atoms with Gasteiger partial charge in [0.2, 0.25) is 0 Å². The fraction of sp³-hybridized carbons (Fsp3) is 0.750. The van der Waals surface area contributed by atoms with E-state index in [1.165, 1.54) is 17.9 Å². The van der Waals surface area contributed by atoms with Crippen molar-refractivity contribution in [1.29, 1.82) is 0 Å². The van der Waals surface area contributed by atoms with Crippen molar-refractivity contribution in [3.63, 3.8) is 0 Å². The highest BCUT2D eigenvalue weighted by Gasteiger charge is 2.14. The van der Waals surface area contributed by atoms with Crippen molar-refractivity contribution in [1.82, 2.24) is 0 Å². The molecule has 9 heavy (non-hydrogen) atoms. The molecule has 0 aromatic rings. The van der Waals surface area contributed by atoms with Gasteiger partial charge in [0.1, 0.15) is 0 Å². The predicted octanol–water partition coefficient (Wildman–Crippen LogP) is 2.71. The van der Waals surface area contributed by atoms with Crippen molar-refractivity contribution in [3.8, 4) is 0 Å². The summed E-state index contributed by atoms with van der Waals surface area (Å²) in [5.74, 6) is 2.59. The van der Waals surface area contributed by atoms with Crippen LogP contribution in [0.15, 0.2) is 12.2 Å². The smallest absolute Gasteiger partial charge is 0.00187 e. The van der Waals surface area contributed by atoms with Crippen LogP contribution >= 0.6 is 11.8 Å². The molecule has 0 aromatic carbocycles. The summed E-state index contributed by atoms with van der Waals surface area (Å²) >= 11 is 2.06. The van der Waals surface area contributed by atoms with E-state index in [1.54, 1.807) is 0 Å². The second kappa shape index (κ2) is 2.78. The van der Waals surface area contributed by atoms with Gasteiger partial charge in [-0.1, -0.05) is 26.0 Å². The normalized spacial score (nSPS) is 25.6. The maximum Gasteiger partial charge on any atom is 0.00187 e. The number of hydrogen-bond acceptors (Lipinski definition) is 1. The summed E-state index contributed by atoms with van der Waals surface area (Å²) in [5, 5.41) is 0. The molecule has 1 aliphatic heterocycles. The van der Waals surface area contributed by atoms with Crippen LogP contribution < -0.4 is 0 Å². The first kappa shape index (κ1) is 7.20. The molecule has 0 fully saturated rings. The molecule has 0 atom stereocenters. The van der Waals surface area contributed by atoms with Crippen LogP contribution in [0.5, 0.6) is 0 Å². The summed E-state index contributed by atoms with van der Waals surface area (Å²) in [7, 11) is 0. The van der Waals surface area contributed by atoms with E-state index in [4.69, 9.17) is 0 Å². The van der Waals surface area contributed by atoms with Crippen LogP contribution in [0.3, 0.4) is 0 Å². The first-order valence-corrected chi connectivity index (χ1v) is 4.62. The van der Waals surface area contributed by atoms with E-state index in [-0.39, 0.29) is 0 Å². The lowest BCUT2D eigenvalue weighted by Gasteiger charge is -2.16. The van der Waals surface area contributed by atoms with E-state index in [2.05, 4.69) is 37.8 Å². The molecule has 1 heteroatoms. The molecule has 0 nitrogen and oxygen atoms in total. The van der Waals surface area contributed by atoms with Gasteiger partial charge in [0.05, 0.1) is 0 Å². The van der Waals surface area contributed by atoms with Crippen LogP contribution in [0.4, 0.5) is 0 Å². The predicted molar refractivity (Wildman–Crippen MR) is 44.9 cm³/mol. The third-order valence-corrected chi connectivity index (χ3v) is 2.94. The Bertz CT molecular complexity index is 114. The summed E-state index contributed by atoms with van der Waals surface area (Å²) < 4.78 is 0. The molecule has 1 rings (SSSR count). The van der Waals surface area contributed by atoms with Gasteiger partial charge < -0.3 is 0 Å². The topological polar surface area (TPSA) is 0 Å². The Morgan fingerprint density at radius 3 is 3.00 bits per heavy atom. The Kier molecular flexibility index (Phi) is 2.23. The second-order valence-electron chi connectivity index (χ2n) is 3.23. The Morgan fingerprint density at radius 1 is 1.44 bits per heavy atom. The Hall–Kier alpha value is 0.0900. The summed E-state index contributed by atoms with van der Waals surface area (Å²) in [6.45, 7) is 4.59.